The van der Waals surface area contributed by atoms with E-state index >= 15 is 0 Å². The molecule has 0 saturated carbocycles. The average Bonchev–Trinajstić information content (AvgIpc) is 3.11. The largest absolute Gasteiger partial charge is 0.477 e. The molecule has 0 aliphatic carbocycles. The van der Waals surface area contributed by atoms with Crippen molar-refractivity contribution in [3.05, 3.63) is 71.8 Å². The van der Waals surface area contributed by atoms with E-state index in [1.807, 2.05) is 62.4 Å². The van der Waals surface area contributed by atoms with Gasteiger partial charge < -0.3 is 10.1 Å². The number of nitrogens with zero attached hydrogens (tertiary/aromatic N) is 1. The summed E-state index contributed by atoms with van der Waals surface area (Å²) >= 11 is 0. The van der Waals surface area contributed by atoms with Crippen LogP contribution in [0.5, 0.6) is 0 Å². The molecule has 0 fully saturated rings. The highest BCUT2D eigenvalue weighted by atomic mass is 16.5. The number of nitrogens with one attached hydrogen (secondary N) is 1. The minimum absolute atomic E-state index is 0.0108. The maximum Gasteiger partial charge on any atom is 0.221 e. The normalized spacial score (nSPS) is 16.7. The lowest BCUT2D eigenvalue weighted by Gasteiger charge is -2.25. The van der Waals surface area contributed by atoms with Crippen LogP contribution in [0.1, 0.15) is 31.4 Å². The van der Waals surface area contributed by atoms with Crippen molar-refractivity contribution in [3.63, 3.8) is 0 Å². The Bertz CT molecular complexity index is 754. The molecule has 1 heterocycles. The zero-order valence-electron chi connectivity index (χ0n) is 15.4. The molecule has 4 nitrogen and oxygen atoms in total. The van der Waals surface area contributed by atoms with Gasteiger partial charge in [0.15, 0.2) is 0 Å². The van der Waals surface area contributed by atoms with Gasteiger partial charge in [-0.3, -0.25) is 4.79 Å². The first-order valence-corrected chi connectivity index (χ1v) is 9.13. The van der Waals surface area contributed by atoms with Gasteiger partial charge in [0.2, 0.25) is 11.8 Å². The molecule has 0 aromatic heterocycles. The van der Waals surface area contributed by atoms with Crippen molar-refractivity contribution >= 4 is 11.8 Å². The van der Waals surface area contributed by atoms with Gasteiger partial charge in [-0.2, -0.15) is 0 Å². The van der Waals surface area contributed by atoms with Crippen LogP contribution in [0.25, 0.3) is 0 Å². The molecule has 136 valence electrons. The molecular formula is C22H26N2O2. The Kier molecular flexibility index (Phi) is 5.71. The van der Waals surface area contributed by atoms with Gasteiger partial charge >= 0.3 is 0 Å². The summed E-state index contributed by atoms with van der Waals surface area (Å²) in [6.07, 6.45) is 2.03. The highest BCUT2D eigenvalue weighted by Crippen LogP contribution is 2.18. The van der Waals surface area contributed by atoms with Crippen molar-refractivity contribution < 1.29 is 9.53 Å². The van der Waals surface area contributed by atoms with Gasteiger partial charge in [0.1, 0.15) is 12.1 Å². The topological polar surface area (TPSA) is 50.7 Å². The van der Waals surface area contributed by atoms with Gasteiger partial charge in [-0.1, -0.05) is 60.7 Å². The van der Waals surface area contributed by atoms with Gasteiger partial charge in [0.25, 0.3) is 0 Å². The Morgan fingerprint density at radius 1 is 1.08 bits per heavy atom. The van der Waals surface area contributed by atoms with Crippen molar-refractivity contribution in [2.45, 2.75) is 44.7 Å². The minimum atomic E-state index is -0.598. The monoisotopic (exact) mass is 350 g/mol. The molecule has 1 atom stereocenters. The molecule has 4 heteroatoms. The van der Waals surface area contributed by atoms with E-state index in [-0.39, 0.29) is 11.9 Å². The Labute approximate surface area is 155 Å². The highest BCUT2D eigenvalue weighted by Gasteiger charge is 2.33. The molecular weight excluding hydrogens is 324 g/mol. The van der Waals surface area contributed by atoms with E-state index in [4.69, 9.17) is 9.73 Å². The number of amides is 1. The van der Waals surface area contributed by atoms with E-state index < -0.39 is 5.54 Å². The van der Waals surface area contributed by atoms with Crippen LogP contribution in [0.2, 0.25) is 0 Å². The summed E-state index contributed by atoms with van der Waals surface area (Å²) in [5, 5.41) is 3.06. The molecule has 2 aromatic rings. The summed E-state index contributed by atoms with van der Waals surface area (Å²) in [7, 11) is 0. The molecule has 0 spiro atoms. The minimum Gasteiger partial charge on any atom is -0.477 e. The maximum atomic E-state index is 12.3. The molecule has 1 aliphatic rings. The summed E-state index contributed by atoms with van der Waals surface area (Å²) in [5.41, 5.74) is 1.81. The molecule has 2 aromatic carbocycles. The zero-order chi connectivity index (χ0) is 18.4. The van der Waals surface area contributed by atoms with E-state index in [1.165, 1.54) is 5.56 Å². The number of rotatable bonds is 7. The van der Waals surface area contributed by atoms with Crippen molar-refractivity contribution in [2.75, 3.05) is 6.61 Å². The second-order valence-corrected chi connectivity index (χ2v) is 7.25. The number of ether oxygens (including phenoxy) is 1. The van der Waals surface area contributed by atoms with Crippen LogP contribution in [0.3, 0.4) is 0 Å². The molecule has 1 aliphatic heterocycles. The Morgan fingerprint density at radius 3 is 2.35 bits per heavy atom. The number of carbonyl (C=O) groups excluding carboxylic acids is 1. The summed E-state index contributed by atoms with van der Waals surface area (Å²) in [4.78, 5) is 17.0. The van der Waals surface area contributed by atoms with Gasteiger partial charge in [-0.15, -0.1) is 0 Å². The second-order valence-electron chi connectivity index (χ2n) is 7.25. The lowest BCUT2D eigenvalue weighted by molar-refractivity contribution is -0.122. The molecule has 1 N–H and O–H groups in total. The van der Waals surface area contributed by atoms with Crippen molar-refractivity contribution in [1.82, 2.24) is 5.32 Å². The van der Waals surface area contributed by atoms with E-state index in [0.29, 0.717) is 18.9 Å². The van der Waals surface area contributed by atoms with Crippen LogP contribution in [0.15, 0.2) is 65.7 Å². The third-order valence-electron chi connectivity index (χ3n) is 4.50. The van der Waals surface area contributed by atoms with Crippen molar-refractivity contribution in [1.29, 1.82) is 0 Å². The lowest BCUT2D eigenvalue weighted by Crippen LogP contribution is -2.50. The average molecular weight is 350 g/mol. The zero-order valence-corrected chi connectivity index (χ0v) is 15.4. The summed E-state index contributed by atoms with van der Waals surface area (Å²) in [5.74, 6) is 0.628. The first kappa shape index (κ1) is 18.2. The number of benzene rings is 2. The second kappa shape index (κ2) is 8.17. The Morgan fingerprint density at radius 2 is 1.69 bits per heavy atom. The van der Waals surface area contributed by atoms with E-state index in [9.17, 15) is 4.79 Å². The van der Waals surface area contributed by atoms with Crippen molar-refractivity contribution in [2.24, 2.45) is 4.99 Å². The van der Waals surface area contributed by atoms with Crippen LogP contribution < -0.4 is 5.32 Å². The fourth-order valence-corrected chi connectivity index (χ4v) is 3.12. The standard InChI is InChI=1S/C22H26N2O2/c1-22(2,24-20(25)14-13-17-9-5-3-6-10-17)21-23-19(16-26-21)15-18-11-7-4-8-12-18/h3-12,19H,13-16H2,1-2H3,(H,24,25)/t19-/m0/s1. The van der Waals surface area contributed by atoms with Crippen LogP contribution in [-0.2, 0) is 22.4 Å². The summed E-state index contributed by atoms with van der Waals surface area (Å²) < 4.78 is 5.80. The summed E-state index contributed by atoms with van der Waals surface area (Å²) in [6.45, 7) is 4.45. The third-order valence-corrected chi connectivity index (χ3v) is 4.50. The Balaban J connectivity index is 1.53. The van der Waals surface area contributed by atoms with Crippen LogP contribution in [0.4, 0.5) is 0 Å². The number of hydrogen-bond donors (Lipinski definition) is 1. The highest BCUT2D eigenvalue weighted by molar-refractivity contribution is 5.91. The maximum absolute atomic E-state index is 12.3. The van der Waals surface area contributed by atoms with Crippen LogP contribution in [0, 0.1) is 0 Å². The quantitative estimate of drug-likeness (QED) is 0.830. The van der Waals surface area contributed by atoms with Gasteiger partial charge in [-0.25, -0.2) is 4.99 Å². The van der Waals surface area contributed by atoms with Crippen LogP contribution >= 0.6 is 0 Å². The third kappa shape index (κ3) is 4.94. The predicted molar refractivity (Wildman–Crippen MR) is 104 cm³/mol. The molecule has 0 radical (unpaired) electrons. The van der Waals surface area contributed by atoms with Gasteiger partial charge in [0, 0.05) is 6.42 Å². The van der Waals surface area contributed by atoms with E-state index in [0.717, 1.165) is 18.4 Å². The smallest absolute Gasteiger partial charge is 0.221 e. The number of carbonyl (C=O) groups is 1. The van der Waals surface area contributed by atoms with E-state index in [1.54, 1.807) is 0 Å². The van der Waals surface area contributed by atoms with E-state index in [2.05, 4.69) is 17.4 Å². The SMILES string of the molecule is CC(C)(NC(=O)CCc1ccccc1)C1=N[C@@H](Cc2ccccc2)CO1. The van der Waals surface area contributed by atoms with Gasteiger partial charge in [-0.05, 0) is 37.8 Å². The molecule has 0 bridgehead atoms. The number of hydrogen-bond acceptors (Lipinski definition) is 3. The fourth-order valence-electron chi connectivity index (χ4n) is 3.12. The molecule has 0 saturated heterocycles. The van der Waals surface area contributed by atoms with Crippen LogP contribution in [-0.4, -0.2) is 30.0 Å². The Hall–Kier alpha value is -2.62. The molecule has 1 amide bonds. The fraction of sp³-hybridized carbons (Fsp3) is 0.364. The first-order valence-electron chi connectivity index (χ1n) is 9.13. The molecule has 3 rings (SSSR count). The number of aryl methyl sites for hydroxylation is 1. The predicted octanol–water partition coefficient (Wildman–Crippen LogP) is 3.55. The lowest BCUT2D eigenvalue weighted by atomic mass is 10.0. The van der Waals surface area contributed by atoms with Crippen molar-refractivity contribution in [3.8, 4) is 0 Å². The molecule has 0 unspecified atom stereocenters. The molecule has 26 heavy (non-hydrogen) atoms. The number of aliphatic imine (C=N–C) groups is 1. The first-order chi connectivity index (χ1) is 12.5. The summed E-state index contributed by atoms with van der Waals surface area (Å²) in [6, 6.07) is 20.4. The van der Waals surface area contributed by atoms with Gasteiger partial charge in [0.05, 0.1) is 6.04 Å².